The Balaban J connectivity index is 1.93. The van der Waals surface area contributed by atoms with Crippen LogP contribution in [0.2, 0.25) is 0 Å². The third-order valence-electron chi connectivity index (χ3n) is 2.88. The summed E-state index contributed by atoms with van der Waals surface area (Å²) in [6, 6.07) is 4.19. The highest BCUT2D eigenvalue weighted by Crippen LogP contribution is 2.22. The highest BCUT2D eigenvalue weighted by Gasteiger charge is 2.18. The second kappa shape index (κ2) is 5.57. The Kier molecular flexibility index (Phi) is 4.04. The molecule has 19 heavy (non-hydrogen) atoms. The van der Waals surface area contributed by atoms with E-state index in [-0.39, 0.29) is 0 Å². The molecule has 0 aliphatic carbocycles. The van der Waals surface area contributed by atoms with Crippen molar-refractivity contribution < 1.29 is 9.53 Å². The Morgan fingerprint density at radius 1 is 1.47 bits per heavy atom. The predicted molar refractivity (Wildman–Crippen MR) is 74.1 cm³/mol. The summed E-state index contributed by atoms with van der Waals surface area (Å²) in [4.78, 5) is 15.8. The molecule has 0 aromatic carbocycles. The zero-order valence-electron chi connectivity index (χ0n) is 11.7. The van der Waals surface area contributed by atoms with Crippen molar-refractivity contribution in [1.29, 1.82) is 0 Å². The summed E-state index contributed by atoms with van der Waals surface area (Å²) >= 11 is 0. The topological polar surface area (TPSA) is 63.2 Å². The Bertz CT molecular complexity index is 431. The van der Waals surface area contributed by atoms with Gasteiger partial charge >= 0.3 is 6.09 Å². The van der Waals surface area contributed by atoms with E-state index in [1.807, 2.05) is 26.8 Å². The van der Waals surface area contributed by atoms with Crippen LogP contribution in [0.25, 0.3) is 0 Å². The molecule has 1 atom stereocenters. The van der Waals surface area contributed by atoms with Crippen LogP contribution in [0.15, 0.2) is 18.3 Å². The molecule has 2 heterocycles. The third-order valence-corrected chi connectivity index (χ3v) is 2.88. The van der Waals surface area contributed by atoms with E-state index in [9.17, 15) is 4.79 Å². The predicted octanol–water partition coefficient (Wildman–Crippen LogP) is 2.85. The van der Waals surface area contributed by atoms with Gasteiger partial charge in [0.1, 0.15) is 11.4 Å². The first kappa shape index (κ1) is 13.8. The van der Waals surface area contributed by atoms with Gasteiger partial charge in [-0.3, -0.25) is 5.32 Å². The van der Waals surface area contributed by atoms with Gasteiger partial charge in [0.15, 0.2) is 0 Å². The number of hydrogen-bond donors (Lipinski definition) is 2. The molecule has 2 N–H and O–H groups in total. The lowest BCUT2D eigenvalue weighted by atomic mass is 10.1. The maximum absolute atomic E-state index is 11.6. The molecule has 1 amide bonds. The van der Waals surface area contributed by atoms with Gasteiger partial charge in [-0.05, 0) is 51.8 Å². The summed E-state index contributed by atoms with van der Waals surface area (Å²) in [5, 5.41) is 6.04. The molecule has 0 bridgehead atoms. The Labute approximate surface area is 113 Å². The van der Waals surface area contributed by atoms with Crippen LogP contribution in [0.1, 0.15) is 45.2 Å². The van der Waals surface area contributed by atoms with E-state index in [1.54, 1.807) is 12.3 Å². The second-order valence-corrected chi connectivity index (χ2v) is 5.75. The zero-order valence-corrected chi connectivity index (χ0v) is 11.7. The molecule has 1 aromatic rings. The summed E-state index contributed by atoms with van der Waals surface area (Å²) < 4.78 is 5.17. The summed E-state index contributed by atoms with van der Waals surface area (Å²) in [7, 11) is 0. The molecule has 1 fully saturated rings. The number of carbonyl (C=O) groups excluding carboxylic acids is 1. The molecule has 1 aliphatic rings. The van der Waals surface area contributed by atoms with E-state index in [0.29, 0.717) is 11.9 Å². The van der Waals surface area contributed by atoms with Crippen molar-refractivity contribution in [1.82, 2.24) is 10.3 Å². The third kappa shape index (κ3) is 4.21. The molecule has 1 aromatic heterocycles. The number of amides is 1. The van der Waals surface area contributed by atoms with Gasteiger partial charge in [0, 0.05) is 12.2 Å². The van der Waals surface area contributed by atoms with E-state index in [0.717, 1.165) is 18.5 Å². The van der Waals surface area contributed by atoms with E-state index >= 15 is 0 Å². The molecule has 0 saturated carbocycles. The molecule has 0 unspecified atom stereocenters. The van der Waals surface area contributed by atoms with Crippen LogP contribution in [0, 0.1) is 0 Å². The molecule has 0 radical (unpaired) electrons. The van der Waals surface area contributed by atoms with E-state index in [1.165, 1.54) is 6.42 Å². The SMILES string of the molecule is CC(C)(C)OC(=O)Nc1ccc([C@H]2CCCN2)cn1. The van der Waals surface area contributed by atoms with Gasteiger partial charge in [0.25, 0.3) is 0 Å². The Hall–Kier alpha value is -1.62. The van der Waals surface area contributed by atoms with Crippen LogP contribution in [0.5, 0.6) is 0 Å². The fourth-order valence-electron chi connectivity index (χ4n) is 2.06. The van der Waals surface area contributed by atoms with E-state index in [2.05, 4.69) is 15.6 Å². The molecule has 2 rings (SSSR count). The van der Waals surface area contributed by atoms with Crippen LogP contribution in [-0.4, -0.2) is 23.2 Å². The minimum Gasteiger partial charge on any atom is -0.444 e. The van der Waals surface area contributed by atoms with Gasteiger partial charge in [-0.1, -0.05) is 6.07 Å². The van der Waals surface area contributed by atoms with Crippen molar-refractivity contribution in [3.8, 4) is 0 Å². The maximum Gasteiger partial charge on any atom is 0.413 e. The maximum atomic E-state index is 11.6. The number of ether oxygens (including phenoxy) is 1. The quantitative estimate of drug-likeness (QED) is 0.861. The fraction of sp³-hybridized carbons (Fsp3) is 0.571. The first-order valence-electron chi connectivity index (χ1n) is 6.63. The summed E-state index contributed by atoms with van der Waals surface area (Å²) in [5.74, 6) is 0.510. The van der Waals surface area contributed by atoms with Crippen LogP contribution in [0.4, 0.5) is 10.6 Å². The van der Waals surface area contributed by atoms with Gasteiger partial charge in [-0.15, -0.1) is 0 Å². The minimum atomic E-state index is -0.502. The van der Waals surface area contributed by atoms with Gasteiger partial charge in [-0.2, -0.15) is 0 Å². The number of aromatic nitrogens is 1. The number of nitrogens with zero attached hydrogens (tertiary/aromatic N) is 1. The lowest BCUT2D eigenvalue weighted by molar-refractivity contribution is 0.0635. The highest BCUT2D eigenvalue weighted by atomic mass is 16.6. The lowest BCUT2D eigenvalue weighted by Gasteiger charge is -2.19. The van der Waals surface area contributed by atoms with Gasteiger partial charge in [0.2, 0.25) is 0 Å². The normalized spacial score (nSPS) is 19.2. The van der Waals surface area contributed by atoms with Gasteiger partial charge < -0.3 is 10.1 Å². The van der Waals surface area contributed by atoms with Gasteiger partial charge in [0.05, 0.1) is 0 Å². The summed E-state index contributed by atoms with van der Waals surface area (Å²) in [6.07, 6.45) is 3.66. The van der Waals surface area contributed by atoms with Gasteiger partial charge in [-0.25, -0.2) is 9.78 Å². The molecule has 5 nitrogen and oxygen atoms in total. The van der Waals surface area contributed by atoms with E-state index < -0.39 is 11.7 Å². The van der Waals surface area contributed by atoms with Crippen molar-refractivity contribution in [2.24, 2.45) is 0 Å². The average molecular weight is 263 g/mol. The summed E-state index contributed by atoms with van der Waals surface area (Å²) in [6.45, 7) is 6.54. The molecule has 0 spiro atoms. The Morgan fingerprint density at radius 3 is 2.79 bits per heavy atom. The molecular weight excluding hydrogens is 242 g/mol. The summed E-state index contributed by atoms with van der Waals surface area (Å²) in [5.41, 5.74) is 0.657. The van der Waals surface area contributed by atoms with Crippen molar-refractivity contribution in [3.63, 3.8) is 0 Å². The second-order valence-electron chi connectivity index (χ2n) is 5.75. The number of pyridine rings is 1. The zero-order chi connectivity index (χ0) is 13.9. The van der Waals surface area contributed by atoms with E-state index in [4.69, 9.17) is 4.74 Å². The monoisotopic (exact) mass is 263 g/mol. The smallest absolute Gasteiger partial charge is 0.413 e. The van der Waals surface area contributed by atoms with Crippen LogP contribution in [0.3, 0.4) is 0 Å². The van der Waals surface area contributed by atoms with Crippen molar-refractivity contribution in [2.45, 2.75) is 45.3 Å². The van der Waals surface area contributed by atoms with Crippen molar-refractivity contribution in [3.05, 3.63) is 23.9 Å². The molecule has 104 valence electrons. The highest BCUT2D eigenvalue weighted by molar-refractivity contribution is 5.83. The van der Waals surface area contributed by atoms with Crippen LogP contribution >= 0.6 is 0 Å². The number of rotatable bonds is 2. The standard InChI is InChI=1S/C14H21N3O2/c1-14(2,3)19-13(18)17-12-7-6-10(9-16-12)11-5-4-8-15-11/h6-7,9,11,15H,4-5,8H2,1-3H3,(H,16,17,18)/t11-/m1/s1. The number of hydrogen-bond acceptors (Lipinski definition) is 4. The average Bonchev–Trinajstić information content (AvgIpc) is 2.80. The number of nitrogens with one attached hydrogen (secondary N) is 2. The van der Waals surface area contributed by atoms with Crippen LogP contribution < -0.4 is 10.6 Å². The molecule has 5 heteroatoms. The molecular formula is C14H21N3O2. The van der Waals surface area contributed by atoms with Crippen molar-refractivity contribution in [2.75, 3.05) is 11.9 Å². The van der Waals surface area contributed by atoms with Crippen LogP contribution in [-0.2, 0) is 4.74 Å². The largest absolute Gasteiger partial charge is 0.444 e. The minimum absolute atomic E-state index is 0.392. The fourth-order valence-corrected chi connectivity index (χ4v) is 2.06. The molecule has 1 aliphatic heterocycles. The number of carbonyl (C=O) groups is 1. The Morgan fingerprint density at radius 2 is 2.26 bits per heavy atom. The molecule has 1 saturated heterocycles. The lowest BCUT2D eigenvalue weighted by Crippen LogP contribution is -2.27. The van der Waals surface area contributed by atoms with Crippen molar-refractivity contribution >= 4 is 11.9 Å². The number of anilines is 1. The first-order valence-corrected chi connectivity index (χ1v) is 6.63. The first-order chi connectivity index (χ1) is 8.94.